The predicted octanol–water partition coefficient (Wildman–Crippen LogP) is 2.33. The third kappa shape index (κ3) is 3.99. The summed E-state index contributed by atoms with van der Waals surface area (Å²) >= 11 is 0. The fourth-order valence-corrected chi connectivity index (χ4v) is 3.06. The zero-order valence-corrected chi connectivity index (χ0v) is 13.7. The van der Waals surface area contributed by atoms with E-state index in [1.54, 1.807) is 0 Å². The van der Waals surface area contributed by atoms with E-state index in [4.69, 9.17) is 11.5 Å². The molecule has 4 N–H and O–H groups in total. The zero-order valence-electron chi connectivity index (χ0n) is 13.7. The summed E-state index contributed by atoms with van der Waals surface area (Å²) in [5.74, 6) is 1.70. The molecule has 1 fully saturated rings. The molecule has 0 aliphatic heterocycles. The van der Waals surface area contributed by atoms with Crippen LogP contribution in [-0.2, 0) is 6.42 Å². The third-order valence-corrected chi connectivity index (χ3v) is 4.54. The van der Waals surface area contributed by atoms with E-state index in [1.807, 2.05) is 6.07 Å². The van der Waals surface area contributed by atoms with E-state index >= 15 is 0 Å². The molecule has 0 atom stereocenters. The van der Waals surface area contributed by atoms with Crippen LogP contribution in [0, 0.1) is 0 Å². The van der Waals surface area contributed by atoms with Gasteiger partial charge >= 0.3 is 0 Å². The van der Waals surface area contributed by atoms with Crippen LogP contribution >= 0.6 is 0 Å². The molecule has 0 amide bonds. The first kappa shape index (κ1) is 15.7. The SMILES string of the molecule is CN(CCCc1ccccc1)c1cc(C2CC(N)C2)nc(N)n1. The van der Waals surface area contributed by atoms with E-state index in [1.165, 1.54) is 5.56 Å². The number of aryl methyl sites for hydroxylation is 1. The van der Waals surface area contributed by atoms with Crippen LogP contribution in [0.3, 0.4) is 0 Å². The van der Waals surface area contributed by atoms with Gasteiger partial charge in [-0.15, -0.1) is 0 Å². The maximum atomic E-state index is 5.89. The summed E-state index contributed by atoms with van der Waals surface area (Å²) in [7, 11) is 2.06. The Bertz CT molecular complexity index is 637. The molecule has 1 aromatic heterocycles. The summed E-state index contributed by atoms with van der Waals surface area (Å²) in [4.78, 5) is 10.9. The lowest BCUT2D eigenvalue weighted by Gasteiger charge is -2.32. The molecule has 1 aliphatic carbocycles. The summed E-state index contributed by atoms with van der Waals surface area (Å²) in [6, 6.07) is 12.9. The van der Waals surface area contributed by atoms with E-state index in [0.717, 1.165) is 43.7 Å². The minimum atomic E-state index is 0.309. The van der Waals surface area contributed by atoms with Crippen molar-refractivity contribution in [2.45, 2.75) is 37.6 Å². The second kappa shape index (κ2) is 6.96. The standard InChI is InChI=1S/C18H25N5/c1-23(9-5-8-13-6-3-2-4-7-13)17-12-16(21-18(20)22-17)14-10-15(19)11-14/h2-4,6-7,12,14-15H,5,8-11,19H2,1H3,(H2,20,21,22). The molecule has 1 saturated carbocycles. The van der Waals surface area contributed by atoms with E-state index in [0.29, 0.717) is 17.9 Å². The molecule has 1 aliphatic rings. The number of hydrogen-bond donors (Lipinski definition) is 2. The van der Waals surface area contributed by atoms with E-state index in [2.05, 4.69) is 52.2 Å². The number of hydrogen-bond acceptors (Lipinski definition) is 5. The van der Waals surface area contributed by atoms with Crippen molar-refractivity contribution in [2.24, 2.45) is 5.73 Å². The normalized spacial score (nSPS) is 20.1. The monoisotopic (exact) mass is 311 g/mol. The fraction of sp³-hybridized carbons (Fsp3) is 0.444. The Hall–Kier alpha value is -2.14. The number of rotatable bonds is 6. The Balaban J connectivity index is 1.59. The molecular formula is C18H25N5. The van der Waals surface area contributed by atoms with Gasteiger partial charge in [-0.2, -0.15) is 4.98 Å². The Morgan fingerprint density at radius 3 is 2.61 bits per heavy atom. The van der Waals surface area contributed by atoms with Crippen LogP contribution in [0.2, 0.25) is 0 Å². The highest BCUT2D eigenvalue weighted by Gasteiger charge is 2.29. The van der Waals surface area contributed by atoms with Crippen molar-refractivity contribution in [2.75, 3.05) is 24.2 Å². The minimum absolute atomic E-state index is 0.309. The van der Waals surface area contributed by atoms with Gasteiger partial charge in [-0.25, -0.2) is 4.98 Å². The number of nitrogen functional groups attached to an aromatic ring is 1. The highest BCUT2D eigenvalue weighted by molar-refractivity contribution is 5.44. The molecule has 0 unspecified atom stereocenters. The lowest BCUT2D eigenvalue weighted by molar-refractivity contribution is 0.345. The smallest absolute Gasteiger partial charge is 0.222 e. The first-order valence-corrected chi connectivity index (χ1v) is 8.27. The molecule has 23 heavy (non-hydrogen) atoms. The summed E-state index contributed by atoms with van der Waals surface area (Å²) < 4.78 is 0. The topological polar surface area (TPSA) is 81.1 Å². The minimum Gasteiger partial charge on any atom is -0.368 e. The third-order valence-electron chi connectivity index (χ3n) is 4.54. The van der Waals surface area contributed by atoms with Gasteiger partial charge in [-0.1, -0.05) is 30.3 Å². The molecule has 5 nitrogen and oxygen atoms in total. The van der Waals surface area contributed by atoms with Gasteiger partial charge in [-0.3, -0.25) is 0 Å². The summed E-state index contributed by atoms with van der Waals surface area (Å²) in [6.45, 7) is 0.939. The molecule has 1 aromatic carbocycles. The molecule has 2 aromatic rings. The predicted molar refractivity (Wildman–Crippen MR) is 94.4 cm³/mol. The average Bonchev–Trinajstić information content (AvgIpc) is 2.52. The van der Waals surface area contributed by atoms with Crippen LogP contribution in [0.25, 0.3) is 0 Å². The Morgan fingerprint density at radius 2 is 1.91 bits per heavy atom. The van der Waals surface area contributed by atoms with E-state index in [-0.39, 0.29) is 0 Å². The van der Waals surface area contributed by atoms with Crippen LogP contribution in [-0.4, -0.2) is 29.6 Å². The maximum absolute atomic E-state index is 5.89. The van der Waals surface area contributed by atoms with Crippen LogP contribution < -0.4 is 16.4 Å². The fourth-order valence-electron chi connectivity index (χ4n) is 3.06. The quantitative estimate of drug-likeness (QED) is 0.856. The lowest BCUT2D eigenvalue weighted by atomic mass is 9.78. The molecule has 3 rings (SSSR count). The number of anilines is 2. The van der Waals surface area contributed by atoms with Gasteiger partial charge < -0.3 is 16.4 Å². The summed E-state index contributed by atoms with van der Waals surface area (Å²) in [6.07, 6.45) is 4.13. The van der Waals surface area contributed by atoms with Gasteiger partial charge in [0.2, 0.25) is 5.95 Å². The number of nitrogens with zero attached hydrogens (tertiary/aromatic N) is 3. The van der Waals surface area contributed by atoms with Crippen molar-refractivity contribution < 1.29 is 0 Å². The van der Waals surface area contributed by atoms with Crippen molar-refractivity contribution >= 4 is 11.8 Å². The second-order valence-corrected chi connectivity index (χ2v) is 6.45. The van der Waals surface area contributed by atoms with Gasteiger partial charge in [0, 0.05) is 31.6 Å². The van der Waals surface area contributed by atoms with Crippen LogP contribution in [0.4, 0.5) is 11.8 Å². The molecule has 5 heteroatoms. The van der Waals surface area contributed by atoms with Gasteiger partial charge in [0.05, 0.1) is 5.69 Å². The largest absolute Gasteiger partial charge is 0.368 e. The van der Waals surface area contributed by atoms with Crippen molar-refractivity contribution in [3.8, 4) is 0 Å². The van der Waals surface area contributed by atoms with Gasteiger partial charge in [0.25, 0.3) is 0 Å². The van der Waals surface area contributed by atoms with E-state index < -0.39 is 0 Å². The van der Waals surface area contributed by atoms with Crippen molar-refractivity contribution in [3.63, 3.8) is 0 Å². The van der Waals surface area contributed by atoms with Crippen LogP contribution in [0.5, 0.6) is 0 Å². The Morgan fingerprint density at radius 1 is 1.17 bits per heavy atom. The zero-order chi connectivity index (χ0) is 16.2. The summed E-state index contributed by atoms with van der Waals surface area (Å²) in [5, 5.41) is 0. The number of aromatic nitrogens is 2. The van der Waals surface area contributed by atoms with Gasteiger partial charge in [0.1, 0.15) is 5.82 Å². The molecule has 0 saturated heterocycles. The van der Waals surface area contributed by atoms with Crippen molar-refractivity contribution in [1.82, 2.24) is 9.97 Å². The van der Waals surface area contributed by atoms with Gasteiger partial charge in [0.15, 0.2) is 0 Å². The lowest BCUT2D eigenvalue weighted by Crippen LogP contribution is -2.35. The average molecular weight is 311 g/mol. The van der Waals surface area contributed by atoms with Crippen molar-refractivity contribution in [1.29, 1.82) is 0 Å². The Kier molecular flexibility index (Phi) is 4.76. The molecular weight excluding hydrogens is 286 g/mol. The number of nitrogens with two attached hydrogens (primary N) is 2. The highest BCUT2D eigenvalue weighted by atomic mass is 15.2. The second-order valence-electron chi connectivity index (χ2n) is 6.45. The molecule has 0 spiro atoms. The van der Waals surface area contributed by atoms with E-state index in [9.17, 15) is 0 Å². The van der Waals surface area contributed by atoms with Crippen molar-refractivity contribution in [3.05, 3.63) is 47.7 Å². The molecule has 0 radical (unpaired) electrons. The maximum Gasteiger partial charge on any atom is 0.222 e. The highest BCUT2D eigenvalue weighted by Crippen LogP contribution is 2.35. The number of benzene rings is 1. The first-order chi connectivity index (χ1) is 11.1. The van der Waals surface area contributed by atoms with Crippen LogP contribution in [0.1, 0.15) is 36.4 Å². The Labute approximate surface area is 137 Å². The summed E-state index contributed by atoms with van der Waals surface area (Å²) in [5.41, 5.74) is 14.2. The van der Waals surface area contributed by atoms with Gasteiger partial charge in [-0.05, 0) is 31.2 Å². The molecule has 122 valence electrons. The molecule has 0 bridgehead atoms. The molecule has 1 heterocycles. The van der Waals surface area contributed by atoms with Crippen LogP contribution in [0.15, 0.2) is 36.4 Å². The first-order valence-electron chi connectivity index (χ1n) is 8.27.